The zero-order chi connectivity index (χ0) is 14.9. The summed E-state index contributed by atoms with van der Waals surface area (Å²) in [7, 11) is 0. The van der Waals surface area contributed by atoms with Gasteiger partial charge in [0.2, 0.25) is 5.91 Å². The van der Waals surface area contributed by atoms with E-state index in [1.165, 1.54) is 0 Å². The minimum Gasteiger partial charge on any atom is -0.338 e. The molecule has 1 aliphatic carbocycles. The predicted molar refractivity (Wildman–Crippen MR) is 83.0 cm³/mol. The molecular formula is C16H21N3O2. The van der Waals surface area contributed by atoms with E-state index in [2.05, 4.69) is 22.0 Å². The molecule has 3 N–H and O–H groups in total. The Morgan fingerprint density at radius 3 is 2.71 bits per heavy atom. The van der Waals surface area contributed by atoms with Crippen molar-refractivity contribution in [2.45, 2.75) is 31.7 Å². The Morgan fingerprint density at radius 2 is 2.00 bits per heavy atom. The smallest absolute Gasteiger partial charge is 0.315 e. The van der Waals surface area contributed by atoms with Crippen LogP contribution in [0.4, 0.5) is 10.5 Å². The fourth-order valence-corrected chi connectivity index (χ4v) is 2.19. The van der Waals surface area contributed by atoms with E-state index in [0.29, 0.717) is 6.54 Å². The SMILES string of the molecule is O=C(CCNC(=O)N[C@@H]1C=CCCC1)Nc1ccccc1. The summed E-state index contributed by atoms with van der Waals surface area (Å²) in [6, 6.07) is 9.15. The maximum atomic E-state index is 11.7. The van der Waals surface area contributed by atoms with Crippen molar-refractivity contribution in [3.8, 4) is 0 Å². The topological polar surface area (TPSA) is 70.2 Å². The number of amides is 3. The first-order valence-corrected chi connectivity index (χ1v) is 7.30. The van der Waals surface area contributed by atoms with Crippen molar-refractivity contribution in [1.29, 1.82) is 0 Å². The molecule has 0 radical (unpaired) electrons. The normalized spacial score (nSPS) is 17.0. The number of para-hydroxylation sites is 1. The number of anilines is 1. The molecule has 1 atom stereocenters. The van der Waals surface area contributed by atoms with Gasteiger partial charge >= 0.3 is 6.03 Å². The van der Waals surface area contributed by atoms with Gasteiger partial charge < -0.3 is 16.0 Å². The van der Waals surface area contributed by atoms with E-state index in [0.717, 1.165) is 24.9 Å². The lowest BCUT2D eigenvalue weighted by Gasteiger charge is -2.18. The summed E-state index contributed by atoms with van der Waals surface area (Å²) in [5, 5.41) is 8.35. The fourth-order valence-electron chi connectivity index (χ4n) is 2.19. The summed E-state index contributed by atoms with van der Waals surface area (Å²) < 4.78 is 0. The summed E-state index contributed by atoms with van der Waals surface area (Å²) in [6.45, 7) is 0.320. The van der Waals surface area contributed by atoms with Crippen molar-refractivity contribution >= 4 is 17.6 Å². The summed E-state index contributed by atoms with van der Waals surface area (Å²) in [5.41, 5.74) is 0.763. The highest BCUT2D eigenvalue weighted by Gasteiger charge is 2.11. The number of rotatable bonds is 5. The van der Waals surface area contributed by atoms with Gasteiger partial charge in [-0.15, -0.1) is 0 Å². The molecule has 0 saturated heterocycles. The molecule has 5 heteroatoms. The van der Waals surface area contributed by atoms with Gasteiger partial charge in [-0.25, -0.2) is 4.79 Å². The lowest BCUT2D eigenvalue weighted by atomic mass is 10.0. The van der Waals surface area contributed by atoms with Crippen LogP contribution in [0, 0.1) is 0 Å². The fraction of sp³-hybridized carbons (Fsp3) is 0.375. The Hall–Kier alpha value is -2.30. The van der Waals surface area contributed by atoms with Crippen LogP contribution in [0.15, 0.2) is 42.5 Å². The van der Waals surface area contributed by atoms with Gasteiger partial charge in [0.25, 0.3) is 0 Å². The molecule has 2 rings (SSSR count). The van der Waals surface area contributed by atoms with E-state index in [1.807, 2.05) is 36.4 Å². The van der Waals surface area contributed by atoms with Crippen LogP contribution < -0.4 is 16.0 Å². The van der Waals surface area contributed by atoms with Crippen LogP contribution in [-0.2, 0) is 4.79 Å². The Morgan fingerprint density at radius 1 is 1.19 bits per heavy atom. The van der Waals surface area contributed by atoms with E-state index in [1.54, 1.807) is 0 Å². The first-order chi connectivity index (χ1) is 10.2. The third-order valence-electron chi connectivity index (χ3n) is 3.27. The number of allylic oxidation sites excluding steroid dienone is 1. The minimum absolute atomic E-state index is 0.108. The third-order valence-corrected chi connectivity index (χ3v) is 3.27. The lowest BCUT2D eigenvalue weighted by Crippen LogP contribution is -2.42. The Bertz CT molecular complexity index is 500. The van der Waals surface area contributed by atoms with Crippen LogP contribution in [0.5, 0.6) is 0 Å². The molecule has 0 unspecified atom stereocenters. The lowest BCUT2D eigenvalue weighted by molar-refractivity contribution is -0.116. The highest BCUT2D eigenvalue weighted by molar-refractivity contribution is 5.91. The van der Waals surface area contributed by atoms with Crippen LogP contribution in [0.3, 0.4) is 0 Å². The number of carbonyl (C=O) groups excluding carboxylic acids is 2. The number of benzene rings is 1. The molecule has 5 nitrogen and oxygen atoms in total. The molecule has 1 aromatic carbocycles. The summed E-state index contributed by atoms with van der Waals surface area (Å²) in [6.07, 6.45) is 7.51. The molecule has 0 aliphatic heterocycles. The second-order valence-electron chi connectivity index (χ2n) is 5.03. The van der Waals surface area contributed by atoms with Gasteiger partial charge in [0, 0.05) is 24.7 Å². The number of nitrogens with one attached hydrogen (secondary N) is 3. The van der Waals surface area contributed by atoms with Crippen LogP contribution in [0.2, 0.25) is 0 Å². The van der Waals surface area contributed by atoms with Crippen molar-refractivity contribution in [1.82, 2.24) is 10.6 Å². The monoisotopic (exact) mass is 287 g/mol. The summed E-state index contributed by atoms with van der Waals surface area (Å²) in [4.78, 5) is 23.4. The molecule has 0 heterocycles. The molecule has 0 bridgehead atoms. The third kappa shape index (κ3) is 5.69. The Balaban J connectivity index is 1.62. The van der Waals surface area contributed by atoms with Crippen molar-refractivity contribution in [2.75, 3.05) is 11.9 Å². The van der Waals surface area contributed by atoms with Crippen LogP contribution in [0.1, 0.15) is 25.7 Å². The van der Waals surface area contributed by atoms with Gasteiger partial charge in [-0.2, -0.15) is 0 Å². The number of hydrogen-bond acceptors (Lipinski definition) is 2. The average molecular weight is 287 g/mol. The quantitative estimate of drug-likeness (QED) is 0.728. The molecule has 0 aromatic heterocycles. The van der Waals surface area contributed by atoms with E-state index < -0.39 is 0 Å². The van der Waals surface area contributed by atoms with Crippen molar-refractivity contribution < 1.29 is 9.59 Å². The minimum atomic E-state index is -0.223. The second-order valence-corrected chi connectivity index (χ2v) is 5.03. The molecule has 3 amide bonds. The van der Waals surface area contributed by atoms with E-state index in [9.17, 15) is 9.59 Å². The van der Waals surface area contributed by atoms with Gasteiger partial charge in [0.1, 0.15) is 0 Å². The second kappa shape index (κ2) is 8.09. The molecule has 21 heavy (non-hydrogen) atoms. The van der Waals surface area contributed by atoms with Gasteiger partial charge in [-0.3, -0.25) is 4.79 Å². The number of urea groups is 1. The highest BCUT2D eigenvalue weighted by atomic mass is 16.2. The highest BCUT2D eigenvalue weighted by Crippen LogP contribution is 2.09. The molecule has 0 saturated carbocycles. The molecular weight excluding hydrogens is 266 g/mol. The first kappa shape index (κ1) is 15.1. The van der Waals surface area contributed by atoms with Gasteiger partial charge in [0.15, 0.2) is 0 Å². The van der Waals surface area contributed by atoms with Gasteiger partial charge in [-0.05, 0) is 31.4 Å². The van der Waals surface area contributed by atoms with Gasteiger partial charge in [-0.1, -0.05) is 30.4 Å². The summed E-state index contributed by atoms with van der Waals surface area (Å²) >= 11 is 0. The molecule has 1 aromatic rings. The zero-order valence-electron chi connectivity index (χ0n) is 12.0. The van der Waals surface area contributed by atoms with E-state index in [4.69, 9.17) is 0 Å². The maximum Gasteiger partial charge on any atom is 0.315 e. The zero-order valence-corrected chi connectivity index (χ0v) is 12.0. The Labute approximate surface area is 124 Å². The van der Waals surface area contributed by atoms with Crippen LogP contribution in [-0.4, -0.2) is 24.5 Å². The standard InChI is InChI=1S/C16H21N3O2/c20-15(18-13-7-3-1-4-8-13)11-12-17-16(21)19-14-9-5-2-6-10-14/h1,3-5,7-9,14H,2,6,10-12H2,(H,18,20)(H2,17,19,21)/t14-/m1/s1. The molecule has 0 fully saturated rings. The van der Waals surface area contributed by atoms with Crippen LogP contribution >= 0.6 is 0 Å². The average Bonchev–Trinajstić information content (AvgIpc) is 2.49. The number of hydrogen-bond donors (Lipinski definition) is 3. The predicted octanol–water partition coefficient (Wildman–Crippen LogP) is 2.42. The Kier molecular flexibility index (Phi) is 5.82. The maximum absolute atomic E-state index is 11.7. The number of carbonyl (C=O) groups is 2. The summed E-state index contributed by atoms with van der Waals surface area (Å²) in [5.74, 6) is -0.112. The van der Waals surface area contributed by atoms with E-state index >= 15 is 0 Å². The van der Waals surface area contributed by atoms with Crippen LogP contribution in [0.25, 0.3) is 0 Å². The van der Waals surface area contributed by atoms with Crippen molar-refractivity contribution in [2.24, 2.45) is 0 Å². The molecule has 1 aliphatic rings. The largest absolute Gasteiger partial charge is 0.338 e. The molecule has 0 spiro atoms. The van der Waals surface area contributed by atoms with Crippen molar-refractivity contribution in [3.05, 3.63) is 42.5 Å². The van der Waals surface area contributed by atoms with Crippen molar-refractivity contribution in [3.63, 3.8) is 0 Å². The van der Waals surface area contributed by atoms with E-state index in [-0.39, 0.29) is 24.4 Å². The molecule has 112 valence electrons. The first-order valence-electron chi connectivity index (χ1n) is 7.30. The van der Waals surface area contributed by atoms with Gasteiger partial charge in [0.05, 0.1) is 0 Å².